The van der Waals surface area contributed by atoms with E-state index >= 15 is 0 Å². The van der Waals surface area contributed by atoms with Crippen molar-refractivity contribution in [3.63, 3.8) is 0 Å². The third-order valence-electron chi connectivity index (χ3n) is 3.73. The molecular weight excluding hydrogens is 314 g/mol. The normalized spacial score (nSPS) is 11.8. The van der Waals surface area contributed by atoms with Crippen LogP contribution in [0.25, 0.3) is 0 Å². The fourth-order valence-corrected chi connectivity index (χ4v) is 2.26. The zero-order valence-corrected chi connectivity index (χ0v) is 15.6. The van der Waals surface area contributed by atoms with Gasteiger partial charge in [0.15, 0.2) is 5.96 Å². The van der Waals surface area contributed by atoms with Crippen molar-refractivity contribution in [2.75, 3.05) is 6.54 Å². The molecule has 6 heteroatoms. The summed E-state index contributed by atoms with van der Waals surface area (Å²) >= 11 is 0. The van der Waals surface area contributed by atoms with Crippen LogP contribution in [0.3, 0.4) is 0 Å². The summed E-state index contributed by atoms with van der Waals surface area (Å²) in [6.45, 7) is 8.94. The van der Waals surface area contributed by atoms with Crippen LogP contribution in [0.5, 0.6) is 0 Å². The first-order chi connectivity index (χ1) is 12.1. The van der Waals surface area contributed by atoms with Crippen LogP contribution >= 0.6 is 0 Å². The number of aromatic nitrogens is 2. The van der Waals surface area contributed by atoms with Gasteiger partial charge in [-0.1, -0.05) is 24.3 Å². The smallest absolute Gasteiger partial charge is 0.191 e. The summed E-state index contributed by atoms with van der Waals surface area (Å²) in [6, 6.07) is 10.4. The monoisotopic (exact) mass is 343 g/mol. The molecule has 0 aliphatic heterocycles. The van der Waals surface area contributed by atoms with Crippen LogP contribution in [-0.2, 0) is 31.5 Å². The van der Waals surface area contributed by atoms with Crippen LogP contribution in [0.15, 0.2) is 41.5 Å². The van der Waals surface area contributed by atoms with Crippen LogP contribution in [0.4, 0.5) is 0 Å². The van der Waals surface area contributed by atoms with Crippen molar-refractivity contribution in [1.29, 1.82) is 0 Å². The van der Waals surface area contributed by atoms with Crippen LogP contribution in [0.2, 0.25) is 0 Å². The van der Waals surface area contributed by atoms with Crippen LogP contribution in [-0.4, -0.2) is 28.4 Å². The Kier molecular flexibility index (Phi) is 7.47. The Morgan fingerprint density at radius 3 is 2.48 bits per heavy atom. The van der Waals surface area contributed by atoms with E-state index in [4.69, 9.17) is 4.74 Å². The number of aliphatic imine (C=N–C) groups is 1. The first-order valence-electron chi connectivity index (χ1n) is 8.77. The van der Waals surface area contributed by atoms with Gasteiger partial charge < -0.3 is 15.4 Å². The van der Waals surface area contributed by atoms with Crippen molar-refractivity contribution < 1.29 is 4.74 Å². The van der Waals surface area contributed by atoms with Crippen molar-refractivity contribution in [2.24, 2.45) is 12.0 Å². The van der Waals surface area contributed by atoms with E-state index in [0.717, 1.165) is 18.2 Å². The van der Waals surface area contributed by atoms with Crippen molar-refractivity contribution in [3.8, 4) is 0 Å². The average molecular weight is 343 g/mol. The molecule has 0 spiro atoms. The van der Waals surface area contributed by atoms with E-state index in [-0.39, 0.29) is 6.10 Å². The number of guanidine groups is 1. The van der Waals surface area contributed by atoms with Crippen molar-refractivity contribution >= 4 is 5.96 Å². The standard InChI is InChI=1S/C19H29N5O/c1-5-20-19(22-13-18-10-11-23-24(18)4)21-12-16-6-8-17(9-7-16)14-25-15(2)3/h6-11,15H,5,12-14H2,1-4H3,(H2,20,21,22). The Bertz CT molecular complexity index is 661. The maximum Gasteiger partial charge on any atom is 0.191 e. The summed E-state index contributed by atoms with van der Waals surface area (Å²) in [7, 11) is 1.94. The number of ether oxygens (including phenoxy) is 1. The number of rotatable bonds is 8. The van der Waals surface area contributed by atoms with Crippen molar-refractivity contribution in [2.45, 2.75) is 46.6 Å². The molecule has 0 aliphatic carbocycles. The lowest BCUT2D eigenvalue weighted by molar-refractivity contribution is 0.0657. The van der Waals surface area contributed by atoms with Crippen molar-refractivity contribution in [1.82, 2.24) is 20.4 Å². The van der Waals surface area contributed by atoms with E-state index in [1.165, 1.54) is 11.1 Å². The first kappa shape index (κ1) is 19.0. The molecule has 0 unspecified atom stereocenters. The minimum absolute atomic E-state index is 0.248. The highest BCUT2D eigenvalue weighted by Crippen LogP contribution is 2.08. The molecule has 1 heterocycles. The topological polar surface area (TPSA) is 63.5 Å². The zero-order chi connectivity index (χ0) is 18.1. The summed E-state index contributed by atoms with van der Waals surface area (Å²) < 4.78 is 7.48. The number of nitrogens with zero attached hydrogens (tertiary/aromatic N) is 3. The molecule has 2 aromatic rings. The highest BCUT2D eigenvalue weighted by Gasteiger charge is 2.02. The number of hydrogen-bond donors (Lipinski definition) is 2. The number of nitrogens with one attached hydrogen (secondary N) is 2. The molecule has 0 amide bonds. The summed E-state index contributed by atoms with van der Waals surface area (Å²) in [5.74, 6) is 0.802. The van der Waals surface area contributed by atoms with Gasteiger partial charge >= 0.3 is 0 Å². The molecule has 136 valence electrons. The van der Waals surface area contributed by atoms with Gasteiger partial charge in [0.05, 0.1) is 31.5 Å². The predicted octanol–water partition coefficient (Wildman–Crippen LogP) is 2.60. The molecule has 2 N–H and O–H groups in total. The third kappa shape index (κ3) is 6.58. The average Bonchev–Trinajstić information content (AvgIpc) is 3.01. The quantitative estimate of drug-likeness (QED) is 0.571. The molecule has 0 saturated heterocycles. The minimum atomic E-state index is 0.248. The second-order valence-electron chi connectivity index (χ2n) is 6.17. The number of aryl methyl sites for hydroxylation is 1. The fraction of sp³-hybridized carbons (Fsp3) is 0.474. The molecule has 0 fully saturated rings. The van der Waals surface area contributed by atoms with E-state index in [1.54, 1.807) is 6.20 Å². The summed E-state index contributed by atoms with van der Waals surface area (Å²) in [5.41, 5.74) is 3.47. The van der Waals surface area contributed by atoms with Crippen LogP contribution in [0, 0.1) is 0 Å². The second-order valence-corrected chi connectivity index (χ2v) is 6.17. The minimum Gasteiger partial charge on any atom is -0.374 e. The van der Waals surface area contributed by atoms with Gasteiger partial charge in [-0.15, -0.1) is 0 Å². The van der Waals surface area contributed by atoms with E-state index in [9.17, 15) is 0 Å². The molecule has 1 aromatic heterocycles. The van der Waals surface area contributed by atoms with Crippen LogP contribution in [0.1, 0.15) is 37.6 Å². The molecule has 0 bridgehead atoms. The maximum atomic E-state index is 5.62. The van der Waals surface area contributed by atoms with Gasteiger partial charge in [0.1, 0.15) is 0 Å². The summed E-state index contributed by atoms with van der Waals surface area (Å²) in [6.07, 6.45) is 2.04. The lowest BCUT2D eigenvalue weighted by atomic mass is 10.1. The fourth-order valence-electron chi connectivity index (χ4n) is 2.26. The van der Waals surface area contributed by atoms with E-state index in [0.29, 0.717) is 19.7 Å². The molecule has 0 atom stereocenters. The van der Waals surface area contributed by atoms with E-state index in [1.807, 2.05) is 31.6 Å². The van der Waals surface area contributed by atoms with Gasteiger partial charge in [-0.3, -0.25) is 4.68 Å². The molecule has 0 aliphatic rings. The third-order valence-corrected chi connectivity index (χ3v) is 3.73. The first-order valence-corrected chi connectivity index (χ1v) is 8.77. The molecule has 0 radical (unpaired) electrons. The van der Waals surface area contributed by atoms with Gasteiger partial charge in [0, 0.05) is 19.8 Å². The van der Waals surface area contributed by atoms with Crippen molar-refractivity contribution in [3.05, 3.63) is 53.3 Å². The van der Waals surface area contributed by atoms with Gasteiger partial charge in [-0.25, -0.2) is 4.99 Å². The predicted molar refractivity (Wildman–Crippen MR) is 101 cm³/mol. The summed E-state index contributed by atoms with van der Waals surface area (Å²) in [4.78, 5) is 4.65. The second kappa shape index (κ2) is 9.84. The molecule has 6 nitrogen and oxygen atoms in total. The number of hydrogen-bond acceptors (Lipinski definition) is 3. The Hall–Kier alpha value is -2.34. The van der Waals surface area contributed by atoms with Gasteiger partial charge in [0.25, 0.3) is 0 Å². The SMILES string of the molecule is CCNC(=NCc1ccc(COC(C)C)cc1)NCc1ccnn1C. The molecule has 1 aromatic carbocycles. The summed E-state index contributed by atoms with van der Waals surface area (Å²) in [5, 5.41) is 10.8. The molecule has 25 heavy (non-hydrogen) atoms. The Balaban J connectivity index is 1.90. The van der Waals surface area contributed by atoms with Gasteiger partial charge in [0.2, 0.25) is 0 Å². The highest BCUT2D eigenvalue weighted by molar-refractivity contribution is 5.79. The Labute approximate surface area is 150 Å². The van der Waals surface area contributed by atoms with Gasteiger partial charge in [-0.05, 0) is 38.0 Å². The van der Waals surface area contributed by atoms with E-state index < -0.39 is 0 Å². The highest BCUT2D eigenvalue weighted by atomic mass is 16.5. The van der Waals surface area contributed by atoms with E-state index in [2.05, 4.69) is 51.9 Å². The van der Waals surface area contributed by atoms with Gasteiger partial charge in [-0.2, -0.15) is 5.10 Å². The molecular formula is C19H29N5O. The molecule has 2 rings (SSSR count). The Morgan fingerprint density at radius 1 is 1.16 bits per heavy atom. The Morgan fingerprint density at radius 2 is 1.88 bits per heavy atom. The zero-order valence-electron chi connectivity index (χ0n) is 15.6. The lowest BCUT2D eigenvalue weighted by Gasteiger charge is -2.11. The molecule has 0 saturated carbocycles. The number of benzene rings is 1. The lowest BCUT2D eigenvalue weighted by Crippen LogP contribution is -2.37. The largest absolute Gasteiger partial charge is 0.374 e. The maximum absolute atomic E-state index is 5.62. The van der Waals surface area contributed by atoms with Crippen LogP contribution < -0.4 is 10.6 Å².